The number of carbonyl (C=O) groups excluding carboxylic acids is 2. The zero-order chi connectivity index (χ0) is 14.3. The van der Waals surface area contributed by atoms with Crippen molar-refractivity contribution < 1.29 is 28.5 Å². The monoisotopic (exact) mass is 272 g/mol. The Kier molecular flexibility index (Phi) is 3.47. The van der Waals surface area contributed by atoms with Gasteiger partial charge in [-0.05, 0) is 33.6 Å². The van der Waals surface area contributed by atoms with Gasteiger partial charge in [0.05, 0.1) is 0 Å². The first-order valence-electron chi connectivity index (χ1n) is 6.44. The standard InChI is InChI=1S/C13H20O6/c1-8(14)17-9-5-6-13(4)10(18-12(9,2)3)7-16-11(15)19-13/h9-10H,5-7H2,1-4H3. The van der Waals surface area contributed by atoms with Crippen molar-refractivity contribution in [1.82, 2.24) is 0 Å². The van der Waals surface area contributed by atoms with E-state index in [4.69, 9.17) is 18.9 Å². The average Bonchev–Trinajstić information content (AvgIpc) is 2.35. The average molecular weight is 272 g/mol. The lowest BCUT2D eigenvalue weighted by atomic mass is 9.91. The molecule has 0 amide bonds. The SMILES string of the molecule is CC(=O)OC1CCC2(C)OC(=O)OCC2OC1(C)C. The first kappa shape index (κ1) is 14.1. The van der Waals surface area contributed by atoms with Gasteiger partial charge in [0.25, 0.3) is 0 Å². The Morgan fingerprint density at radius 3 is 2.68 bits per heavy atom. The van der Waals surface area contributed by atoms with Crippen LogP contribution in [0.25, 0.3) is 0 Å². The van der Waals surface area contributed by atoms with E-state index in [1.165, 1.54) is 6.92 Å². The van der Waals surface area contributed by atoms with Crippen LogP contribution in [0.3, 0.4) is 0 Å². The second-order valence-corrected chi connectivity index (χ2v) is 5.82. The number of hydrogen-bond acceptors (Lipinski definition) is 6. The van der Waals surface area contributed by atoms with Gasteiger partial charge in [-0.15, -0.1) is 0 Å². The lowest BCUT2D eigenvalue weighted by Gasteiger charge is -2.40. The predicted molar refractivity (Wildman–Crippen MR) is 64.6 cm³/mol. The van der Waals surface area contributed by atoms with Crippen LogP contribution in [-0.4, -0.2) is 42.1 Å². The molecule has 0 aliphatic carbocycles. The fourth-order valence-corrected chi connectivity index (χ4v) is 2.59. The van der Waals surface area contributed by atoms with Crippen molar-refractivity contribution in [2.24, 2.45) is 0 Å². The molecular formula is C13H20O6. The molecule has 6 nitrogen and oxygen atoms in total. The van der Waals surface area contributed by atoms with Gasteiger partial charge in [-0.2, -0.15) is 0 Å². The molecule has 0 aromatic rings. The Labute approximate surface area is 112 Å². The predicted octanol–water partition coefficient (Wildman–Crippen LogP) is 1.80. The van der Waals surface area contributed by atoms with Crippen LogP contribution in [0.4, 0.5) is 4.79 Å². The Balaban J connectivity index is 2.20. The maximum atomic E-state index is 11.3. The molecule has 0 saturated carbocycles. The van der Waals surface area contributed by atoms with Gasteiger partial charge in [0, 0.05) is 6.92 Å². The smallest absolute Gasteiger partial charge is 0.460 e. The van der Waals surface area contributed by atoms with E-state index in [1.807, 2.05) is 20.8 Å². The van der Waals surface area contributed by atoms with Crippen molar-refractivity contribution in [2.75, 3.05) is 6.61 Å². The lowest BCUT2D eigenvalue weighted by molar-refractivity contribution is -0.214. The van der Waals surface area contributed by atoms with Gasteiger partial charge in [0.15, 0.2) is 0 Å². The largest absolute Gasteiger partial charge is 0.509 e. The summed E-state index contributed by atoms with van der Waals surface area (Å²) in [6.07, 6.45) is -0.265. The van der Waals surface area contributed by atoms with Gasteiger partial charge < -0.3 is 18.9 Å². The van der Waals surface area contributed by atoms with Crippen molar-refractivity contribution in [1.29, 1.82) is 0 Å². The van der Waals surface area contributed by atoms with Gasteiger partial charge in [-0.25, -0.2) is 4.79 Å². The van der Waals surface area contributed by atoms with E-state index in [-0.39, 0.29) is 24.8 Å². The van der Waals surface area contributed by atoms with Crippen LogP contribution in [0.15, 0.2) is 0 Å². The first-order valence-corrected chi connectivity index (χ1v) is 6.44. The van der Waals surface area contributed by atoms with Crippen LogP contribution in [0.5, 0.6) is 0 Å². The Morgan fingerprint density at radius 1 is 1.37 bits per heavy atom. The van der Waals surface area contributed by atoms with E-state index >= 15 is 0 Å². The summed E-state index contributed by atoms with van der Waals surface area (Å²) in [6, 6.07) is 0. The topological polar surface area (TPSA) is 71.1 Å². The number of hydrogen-bond donors (Lipinski definition) is 0. The summed E-state index contributed by atoms with van der Waals surface area (Å²) in [6.45, 7) is 7.08. The summed E-state index contributed by atoms with van der Waals surface area (Å²) < 4.78 is 21.5. The summed E-state index contributed by atoms with van der Waals surface area (Å²) >= 11 is 0. The molecule has 2 fully saturated rings. The van der Waals surface area contributed by atoms with E-state index in [9.17, 15) is 9.59 Å². The maximum Gasteiger partial charge on any atom is 0.509 e. The Morgan fingerprint density at radius 2 is 2.05 bits per heavy atom. The van der Waals surface area contributed by atoms with Crippen molar-refractivity contribution in [3.05, 3.63) is 0 Å². The van der Waals surface area contributed by atoms with E-state index < -0.39 is 17.4 Å². The molecule has 0 bridgehead atoms. The third-order valence-corrected chi connectivity index (χ3v) is 3.78. The quantitative estimate of drug-likeness (QED) is 0.678. The molecule has 6 heteroatoms. The lowest BCUT2D eigenvalue weighted by Crippen LogP contribution is -2.53. The van der Waals surface area contributed by atoms with Crippen LogP contribution in [0.1, 0.15) is 40.5 Å². The van der Waals surface area contributed by atoms with Gasteiger partial charge in [0.2, 0.25) is 0 Å². The van der Waals surface area contributed by atoms with Crippen LogP contribution in [-0.2, 0) is 23.7 Å². The van der Waals surface area contributed by atoms with Gasteiger partial charge in [0.1, 0.15) is 30.0 Å². The molecule has 2 rings (SSSR count). The molecule has 0 radical (unpaired) electrons. The highest BCUT2D eigenvalue weighted by Crippen LogP contribution is 2.39. The summed E-state index contributed by atoms with van der Waals surface area (Å²) in [5.74, 6) is -0.343. The molecule has 3 unspecified atom stereocenters. The minimum absolute atomic E-state index is 0.158. The number of esters is 1. The van der Waals surface area contributed by atoms with Gasteiger partial charge >= 0.3 is 12.1 Å². The fraction of sp³-hybridized carbons (Fsp3) is 0.846. The van der Waals surface area contributed by atoms with Gasteiger partial charge in [-0.3, -0.25) is 4.79 Å². The number of carbonyl (C=O) groups is 2. The van der Waals surface area contributed by atoms with E-state index in [2.05, 4.69) is 0 Å². The molecule has 0 N–H and O–H groups in total. The molecule has 2 aliphatic rings. The van der Waals surface area contributed by atoms with Crippen molar-refractivity contribution >= 4 is 12.1 Å². The minimum Gasteiger partial charge on any atom is -0.460 e. The second-order valence-electron chi connectivity index (χ2n) is 5.82. The second kappa shape index (κ2) is 4.67. The zero-order valence-corrected chi connectivity index (χ0v) is 11.7. The third kappa shape index (κ3) is 2.83. The number of fused-ring (bicyclic) bond motifs is 1. The maximum absolute atomic E-state index is 11.3. The van der Waals surface area contributed by atoms with Crippen LogP contribution in [0, 0.1) is 0 Å². The number of rotatable bonds is 1. The summed E-state index contributed by atoms with van der Waals surface area (Å²) in [5, 5.41) is 0. The van der Waals surface area contributed by atoms with E-state index in [0.717, 1.165) is 0 Å². The fourth-order valence-electron chi connectivity index (χ4n) is 2.59. The minimum atomic E-state index is -0.735. The summed E-state index contributed by atoms with van der Waals surface area (Å²) in [7, 11) is 0. The molecule has 2 saturated heterocycles. The van der Waals surface area contributed by atoms with E-state index in [1.54, 1.807) is 0 Å². The molecule has 0 aromatic carbocycles. The Bertz CT molecular complexity index is 391. The van der Waals surface area contributed by atoms with Gasteiger partial charge in [-0.1, -0.05) is 0 Å². The highest BCUT2D eigenvalue weighted by molar-refractivity contribution is 5.66. The van der Waals surface area contributed by atoms with Crippen molar-refractivity contribution in [3.8, 4) is 0 Å². The first-order chi connectivity index (χ1) is 8.73. The third-order valence-electron chi connectivity index (χ3n) is 3.78. The Hall–Kier alpha value is -1.30. The zero-order valence-electron chi connectivity index (χ0n) is 11.7. The highest BCUT2D eigenvalue weighted by atomic mass is 16.8. The molecule has 0 aromatic heterocycles. The summed E-state index contributed by atoms with van der Waals surface area (Å²) in [4.78, 5) is 22.4. The normalized spacial score (nSPS) is 37.4. The van der Waals surface area contributed by atoms with Crippen LogP contribution in [0.2, 0.25) is 0 Å². The molecule has 19 heavy (non-hydrogen) atoms. The van der Waals surface area contributed by atoms with E-state index in [0.29, 0.717) is 12.8 Å². The molecule has 0 spiro atoms. The number of ether oxygens (including phenoxy) is 4. The highest BCUT2D eigenvalue weighted by Gasteiger charge is 2.51. The summed E-state index contributed by atoms with van der Waals surface area (Å²) in [5.41, 5.74) is -1.39. The molecule has 2 aliphatic heterocycles. The van der Waals surface area contributed by atoms with Crippen LogP contribution >= 0.6 is 0 Å². The van der Waals surface area contributed by atoms with Crippen LogP contribution < -0.4 is 0 Å². The molecule has 2 heterocycles. The van der Waals surface area contributed by atoms with Crippen molar-refractivity contribution in [2.45, 2.75) is 63.9 Å². The molecule has 3 atom stereocenters. The molecule has 108 valence electrons. The van der Waals surface area contributed by atoms with Crippen molar-refractivity contribution in [3.63, 3.8) is 0 Å². The number of cyclic esters (lactones) is 1. The molecular weight excluding hydrogens is 252 g/mol.